The molecular formula is C12H15NO2. The molecule has 1 saturated heterocycles. The number of aliphatic hydroxyl groups is 1. The topological polar surface area (TPSA) is 49.3 Å². The van der Waals surface area contributed by atoms with E-state index in [1.807, 2.05) is 44.2 Å². The quantitative estimate of drug-likeness (QED) is 0.727. The molecule has 1 aromatic rings. The molecule has 1 amide bonds. The highest BCUT2D eigenvalue weighted by molar-refractivity contribution is 5.80. The van der Waals surface area contributed by atoms with Crippen molar-refractivity contribution >= 4 is 5.91 Å². The standard InChI is InChI=1S/C12H15NO2/c1-11(2)8-10(14)13-12(11,15)9-6-4-3-5-7-9/h3-7,15H,8H2,1-2H3,(H,13,14). The Kier molecular flexibility index (Phi) is 2.08. The van der Waals surface area contributed by atoms with Gasteiger partial charge in [-0.15, -0.1) is 0 Å². The molecule has 1 fully saturated rings. The number of amides is 1. The molecule has 2 N–H and O–H groups in total. The van der Waals surface area contributed by atoms with E-state index in [4.69, 9.17) is 0 Å². The fourth-order valence-corrected chi connectivity index (χ4v) is 2.09. The summed E-state index contributed by atoms with van der Waals surface area (Å²) >= 11 is 0. The Morgan fingerprint density at radius 2 is 1.87 bits per heavy atom. The molecule has 0 aromatic heterocycles. The zero-order valence-corrected chi connectivity index (χ0v) is 8.95. The summed E-state index contributed by atoms with van der Waals surface area (Å²) in [5, 5.41) is 13.2. The molecule has 3 nitrogen and oxygen atoms in total. The lowest BCUT2D eigenvalue weighted by atomic mass is 9.78. The summed E-state index contributed by atoms with van der Waals surface area (Å²) in [7, 11) is 0. The van der Waals surface area contributed by atoms with Gasteiger partial charge in [-0.05, 0) is 0 Å². The highest BCUT2D eigenvalue weighted by Gasteiger charge is 2.52. The summed E-state index contributed by atoms with van der Waals surface area (Å²) in [5.41, 5.74) is -0.989. The van der Waals surface area contributed by atoms with Crippen LogP contribution in [0.15, 0.2) is 30.3 Å². The zero-order valence-electron chi connectivity index (χ0n) is 8.95. The zero-order chi connectivity index (χ0) is 11.1. The molecule has 1 aromatic carbocycles. The third-order valence-electron chi connectivity index (χ3n) is 3.09. The van der Waals surface area contributed by atoms with Crippen LogP contribution < -0.4 is 5.32 Å². The SMILES string of the molecule is CC1(C)CC(=O)NC1(O)c1ccccc1. The Bertz CT molecular complexity index is 386. The summed E-state index contributed by atoms with van der Waals surface area (Å²) in [5.74, 6) is -0.105. The minimum absolute atomic E-state index is 0.105. The van der Waals surface area contributed by atoms with Crippen LogP contribution >= 0.6 is 0 Å². The van der Waals surface area contributed by atoms with E-state index in [-0.39, 0.29) is 5.91 Å². The van der Waals surface area contributed by atoms with Crippen molar-refractivity contribution in [1.82, 2.24) is 5.32 Å². The number of hydrogen-bond donors (Lipinski definition) is 2. The van der Waals surface area contributed by atoms with Crippen LogP contribution in [0.25, 0.3) is 0 Å². The van der Waals surface area contributed by atoms with Crippen molar-refractivity contribution in [1.29, 1.82) is 0 Å². The lowest BCUT2D eigenvalue weighted by Crippen LogP contribution is -2.46. The number of benzene rings is 1. The highest BCUT2D eigenvalue weighted by Crippen LogP contribution is 2.44. The number of carbonyl (C=O) groups excluding carboxylic acids is 1. The van der Waals surface area contributed by atoms with Crippen LogP contribution in [0.4, 0.5) is 0 Å². The van der Waals surface area contributed by atoms with E-state index in [1.165, 1.54) is 0 Å². The molecule has 15 heavy (non-hydrogen) atoms. The van der Waals surface area contributed by atoms with Gasteiger partial charge in [0.05, 0.1) is 0 Å². The van der Waals surface area contributed by atoms with Crippen LogP contribution in [-0.4, -0.2) is 11.0 Å². The van der Waals surface area contributed by atoms with Gasteiger partial charge < -0.3 is 10.4 Å². The van der Waals surface area contributed by atoms with E-state index in [2.05, 4.69) is 5.32 Å². The van der Waals surface area contributed by atoms with Crippen molar-refractivity contribution in [2.24, 2.45) is 5.41 Å². The molecule has 0 radical (unpaired) electrons. The average molecular weight is 205 g/mol. The summed E-state index contributed by atoms with van der Waals surface area (Å²) < 4.78 is 0. The molecule has 1 unspecified atom stereocenters. The first-order chi connectivity index (χ1) is 6.96. The fourth-order valence-electron chi connectivity index (χ4n) is 2.09. The van der Waals surface area contributed by atoms with Crippen molar-refractivity contribution in [3.05, 3.63) is 35.9 Å². The van der Waals surface area contributed by atoms with Gasteiger partial charge in [-0.1, -0.05) is 44.2 Å². The van der Waals surface area contributed by atoms with E-state index < -0.39 is 11.1 Å². The molecule has 80 valence electrons. The maximum atomic E-state index is 11.4. The van der Waals surface area contributed by atoms with Crippen LogP contribution in [0.5, 0.6) is 0 Å². The molecule has 2 rings (SSSR count). The summed E-state index contributed by atoms with van der Waals surface area (Å²) in [6.07, 6.45) is 0.346. The maximum Gasteiger partial charge on any atom is 0.223 e. The van der Waals surface area contributed by atoms with Crippen molar-refractivity contribution in [2.45, 2.75) is 26.0 Å². The molecule has 0 bridgehead atoms. The van der Waals surface area contributed by atoms with Crippen molar-refractivity contribution in [3.63, 3.8) is 0 Å². The van der Waals surface area contributed by atoms with Gasteiger partial charge in [0.25, 0.3) is 0 Å². The van der Waals surface area contributed by atoms with Crippen LogP contribution in [0, 0.1) is 5.41 Å². The second-order valence-corrected chi connectivity index (χ2v) is 4.69. The predicted octanol–water partition coefficient (Wildman–Crippen LogP) is 1.38. The smallest absolute Gasteiger partial charge is 0.223 e. The van der Waals surface area contributed by atoms with Gasteiger partial charge in [-0.2, -0.15) is 0 Å². The van der Waals surface area contributed by atoms with E-state index >= 15 is 0 Å². The lowest BCUT2D eigenvalue weighted by molar-refractivity contribution is -0.122. The van der Waals surface area contributed by atoms with Crippen LogP contribution in [0.2, 0.25) is 0 Å². The van der Waals surface area contributed by atoms with E-state index in [0.717, 1.165) is 5.56 Å². The highest BCUT2D eigenvalue weighted by atomic mass is 16.3. The summed E-state index contributed by atoms with van der Waals surface area (Å²) in [6, 6.07) is 9.25. The van der Waals surface area contributed by atoms with Crippen LogP contribution in [-0.2, 0) is 10.5 Å². The molecule has 0 spiro atoms. The largest absolute Gasteiger partial charge is 0.366 e. The Balaban J connectivity index is 2.47. The van der Waals surface area contributed by atoms with Gasteiger partial charge in [-0.25, -0.2) is 0 Å². The van der Waals surface area contributed by atoms with Gasteiger partial charge in [-0.3, -0.25) is 4.79 Å². The molecule has 0 aliphatic carbocycles. The molecule has 0 saturated carbocycles. The summed E-state index contributed by atoms with van der Waals surface area (Å²) in [4.78, 5) is 11.4. The van der Waals surface area contributed by atoms with E-state index in [0.29, 0.717) is 6.42 Å². The van der Waals surface area contributed by atoms with E-state index in [1.54, 1.807) is 0 Å². The fraction of sp³-hybridized carbons (Fsp3) is 0.417. The molecule has 1 aliphatic rings. The second kappa shape index (κ2) is 3.07. The van der Waals surface area contributed by atoms with Gasteiger partial charge in [0, 0.05) is 17.4 Å². The average Bonchev–Trinajstić information content (AvgIpc) is 2.38. The second-order valence-electron chi connectivity index (χ2n) is 4.69. The summed E-state index contributed by atoms with van der Waals surface area (Å²) in [6.45, 7) is 3.77. The van der Waals surface area contributed by atoms with Gasteiger partial charge >= 0.3 is 0 Å². The lowest BCUT2D eigenvalue weighted by Gasteiger charge is -2.35. The van der Waals surface area contributed by atoms with Gasteiger partial charge in [0.2, 0.25) is 5.91 Å². The first kappa shape index (κ1) is 10.2. The third-order valence-corrected chi connectivity index (χ3v) is 3.09. The molecule has 1 aliphatic heterocycles. The minimum atomic E-state index is -1.24. The van der Waals surface area contributed by atoms with E-state index in [9.17, 15) is 9.90 Å². The van der Waals surface area contributed by atoms with Crippen molar-refractivity contribution < 1.29 is 9.90 Å². The number of hydrogen-bond acceptors (Lipinski definition) is 2. The van der Waals surface area contributed by atoms with Crippen LogP contribution in [0.3, 0.4) is 0 Å². The first-order valence-corrected chi connectivity index (χ1v) is 5.05. The monoisotopic (exact) mass is 205 g/mol. The number of carbonyl (C=O) groups is 1. The van der Waals surface area contributed by atoms with Crippen molar-refractivity contribution in [2.75, 3.05) is 0 Å². The molecule has 1 heterocycles. The van der Waals surface area contributed by atoms with Crippen LogP contribution in [0.1, 0.15) is 25.8 Å². The molecule has 1 atom stereocenters. The molecular weight excluding hydrogens is 190 g/mol. The van der Waals surface area contributed by atoms with Gasteiger partial charge in [0.15, 0.2) is 5.72 Å². The Labute approximate surface area is 89.1 Å². The minimum Gasteiger partial charge on any atom is -0.366 e. The predicted molar refractivity (Wildman–Crippen MR) is 56.9 cm³/mol. The Hall–Kier alpha value is -1.35. The number of rotatable bonds is 1. The number of nitrogens with one attached hydrogen (secondary N) is 1. The Morgan fingerprint density at radius 3 is 2.33 bits per heavy atom. The van der Waals surface area contributed by atoms with Crippen molar-refractivity contribution in [3.8, 4) is 0 Å². The molecule has 3 heteroatoms. The Morgan fingerprint density at radius 1 is 1.27 bits per heavy atom. The van der Waals surface area contributed by atoms with Gasteiger partial charge in [0.1, 0.15) is 0 Å². The third kappa shape index (κ3) is 1.43. The first-order valence-electron chi connectivity index (χ1n) is 5.05. The normalized spacial score (nSPS) is 28.9. The maximum absolute atomic E-state index is 11.4.